The molecule has 0 amide bonds. The third-order valence-electron chi connectivity index (χ3n) is 5.01. The van der Waals surface area contributed by atoms with Crippen molar-refractivity contribution in [2.24, 2.45) is 5.92 Å². The monoisotopic (exact) mass is 282 g/mol. The van der Waals surface area contributed by atoms with Crippen LogP contribution in [0.1, 0.15) is 52.4 Å². The second kappa shape index (κ2) is 7.41. The minimum atomic E-state index is -0.346. The van der Waals surface area contributed by atoms with Crippen molar-refractivity contribution in [1.82, 2.24) is 10.2 Å². The summed E-state index contributed by atoms with van der Waals surface area (Å²) in [6, 6.07) is 0. The van der Waals surface area contributed by atoms with Crippen LogP contribution in [0.4, 0.5) is 0 Å². The van der Waals surface area contributed by atoms with E-state index >= 15 is 0 Å². The zero-order chi connectivity index (χ0) is 14.4. The number of ether oxygens (including phenoxy) is 1. The molecule has 1 aliphatic carbocycles. The Balaban J connectivity index is 2.19. The number of carbonyl (C=O) groups is 1. The van der Waals surface area contributed by atoms with Gasteiger partial charge < -0.3 is 10.1 Å². The van der Waals surface area contributed by atoms with Crippen LogP contribution in [0.5, 0.6) is 0 Å². The Morgan fingerprint density at radius 1 is 1.30 bits per heavy atom. The molecule has 2 aliphatic rings. The molecule has 1 heterocycles. The van der Waals surface area contributed by atoms with Crippen molar-refractivity contribution >= 4 is 5.97 Å². The summed E-state index contributed by atoms with van der Waals surface area (Å²) in [6.07, 6.45) is 6.68. The summed E-state index contributed by atoms with van der Waals surface area (Å²) in [4.78, 5) is 15.1. The number of esters is 1. The van der Waals surface area contributed by atoms with Crippen LogP contribution < -0.4 is 5.32 Å². The van der Waals surface area contributed by atoms with Crippen molar-refractivity contribution in [3.8, 4) is 0 Å². The predicted molar refractivity (Wildman–Crippen MR) is 80.7 cm³/mol. The summed E-state index contributed by atoms with van der Waals surface area (Å²) in [5, 5.41) is 3.44. The maximum atomic E-state index is 12.7. The number of hydrogen-bond acceptors (Lipinski definition) is 4. The van der Waals surface area contributed by atoms with Gasteiger partial charge in [0.2, 0.25) is 0 Å². The van der Waals surface area contributed by atoms with Crippen LogP contribution in [0.15, 0.2) is 0 Å². The van der Waals surface area contributed by atoms with Gasteiger partial charge in [0.1, 0.15) is 5.54 Å². The zero-order valence-corrected chi connectivity index (χ0v) is 13.1. The summed E-state index contributed by atoms with van der Waals surface area (Å²) in [7, 11) is 0. The van der Waals surface area contributed by atoms with Crippen molar-refractivity contribution in [1.29, 1.82) is 0 Å². The van der Waals surface area contributed by atoms with E-state index in [1.54, 1.807) is 0 Å². The number of rotatable bonds is 4. The summed E-state index contributed by atoms with van der Waals surface area (Å²) >= 11 is 0. The van der Waals surface area contributed by atoms with Crippen molar-refractivity contribution < 1.29 is 9.53 Å². The first-order chi connectivity index (χ1) is 9.73. The van der Waals surface area contributed by atoms with Gasteiger partial charge in [-0.2, -0.15) is 0 Å². The maximum Gasteiger partial charge on any atom is 0.326 e. The van der Waals surface area contributed by atoms with Crippen LogP contribution in [0.25, 0.3) is 0 Å². The van der Waals surface area contributed by atoms with Crippen LogP contribution in [0.2, 0.25) is 0 Å². The first-order valence-electron chi connectivity index (χ1n) is 8.36. The molecule has 0 spiro atoms. The average molecular weight is 282 g/mol. The first kappa shape index (κ1) is 15.8. The minimum absolute atomic E-state index is 0.0278. The highest BCUT2D eigenvalue weighted by molar-refractivity contribution is 5.81. The van der Waals surface area contributed by atoms with Crippen LogP contribution >= 0.6 is 0 Å². The highest BCUT2D eigenvalue weighted by Gasteiger charge is 2.47. The first-order valence-corrected chi connectivity index (χ1v) is 8.36. The normalized spacial score (nSPS) is 32.6. The largest absolute Gasteiger partial charge is 0.465 e. The SMILES string of the molecule is CCOC(=O)C1(N2CCCNCC2)CCCC(CC)C1. The molecular formula is C16H30N2O2. The van der Waals surface area contributed by atoms with Gasteiger partial charge in [-0.05, 0) is 38.6 Å². The molecule has 1 saturated carbocycles. The van der Waals surface area contributed by atoms with E-state index in [0.29, 0.717) is 12.5 Å². The van der Waals surface area contributed by atoms with E-state index in [4.69, 9.17) is 4.74 Å². The Labute approximate surface area is 123 Å². The number of hydrogen-bond donors (Lipinski definition) is 1. The second-order valence-corrected chi connectivity index (χ2v) is 6.21. The van der Waals surface area contributed by atoms with Gasteiger partial charge in [0, 0.05) is 19.6 Å². The summed E-state index contributed by atoms with van der Waals surface area (Å²) in [6.45, 7) is 8.68. The van der Waals surface area contributed by atoms with Gasteiger partial charge in [0.25, 0.3) is 0 Å². The van der Waals surface area contributed by atoms with Crippen molar-refractivity contribution in [3.63, 3.8) is 0 Å². The number of nitrogens with one attached hydrogen (secondary N) is 1. The zero-order valence-electron chi connectivity index (χ0n) is 13.1. The Morgan fingerprint density at radius 3 is 2.90 bits per heavy atom. The van der Waals surface area contributed by atoms with E-state index in [1.807, 2.05) is 6.92 Å². The summed E-state index contributed by atoms with van der Waals surface area (Å²) < 4.78 is 5.47. The number of nitrogens with zero attached hydrogens (tertiary/aromatic N) is 1. The molecule has 2 unspecified atom stereocenters. The smallest absolute Gasteiger partial charge is 0.326 e. The van der Waals surface area contributed by atoms with E-state index in [-0.39, 0.29) is 11.5 Å². The Kier molecular flexibility index (Phi) is 5.85. The van der Waals surface area contributed by atoms with E-state index < -0.39 is 0 Å². The molecule has 2 fully saturated rings. The van der Waals surface area contributed by atoms with Gasteiger partial charge >= 0.3 is 5.97 Å². The molecule has 2 atom stereocenters. The van der Waals surface area contributed by atoms with E-state index in [2.05, 4.69) is 17.1 Å². The van der Waals surface area contributed by atoms with Crippen molar-refractivity contribution in [2.45, 2.75) is 57.9 Å². The molecular weight excluding hydrogens is 252 g/mol. The van der Waals surface area contributed by atoms with E-state index in [9.17, 15) is 4.79 Å². The van der Waals surface area contributed by atoms with Crippen LogP contribution in [0, 0.1) is 5.92 Å². The Bertz CT molecular complexity index is 314. The van der Waals surface area contributed by atoms with Gasteiger partial charge in [-0.15, -0.1) is 0 Å². The third-order valence-corrected chi connectivity index (χ3v) is 5.01. The lowest BCUT2D eigenvalue weighted by atomic mass is 9.73. The van der Waals surface area contributed by atoms with Gasteiger partial charge in [0.15, 0.2) is 0 Å². The van der Waals surface area contributed by atoms with Gasteiger partial charge in [-0.25, -0.2) is 0 Å². The average Bonchev–Trinajstić information content (AvgIpc) is 2.77. The van der Waals surface area contributed by atoms with Crippen molar-refractivity contribution in [2.75, 3.05) is 32.8 Å². The lowest BCUT2D eigenvalue weighted by Gasteiger charge is -2.46. The molecule has 0 bridgehead atoms. The molecule has 0 aromatic rings. The summed E-state index contributed by atoms with van der Waals surface area (Å²) in [5.74, 6) is 0.699. The molecule has 4 nitrogen and oxygen atoms in total. The fourth-order valence-electron chi connectivity index (χ4n) is 3.85. The highest BCUT2D eigenvalue weighted by Crippen LogP contribution is 2.39. The van der Waals surface area contributed by atoms with Crippen molar-refractivity contribution in [3.05, 3.63) is 0 Å². The van der Waals surface area contributed by atoms with Crippen LogP contribution in [0.3, 0.4) is 0 Å². The molecule has 116 valence electrons. The fraction of sp³-hybridized carbons (Fsp3) is 0.938. The van der Waals surface area contributed by atoms with Gasteiger partial charge in [-0.1, -0.05) is 26.2 Å². The minimum Gasteiger partial charge on any atom is -0.465 e. The molecule has 0 radical (unpaired) electrons. The Hall–Kier alpha value is -0.610. The molecule has 1 aliphatic heterocycles. The quantitative estimate of drug-likeness (QED) is 0.803. The predicted octanol–water partition coefficient (Wildman–Crippen LogP) is 2.18. The van der Waals surface area contributed by atoms with Gasteiger partial charge in [-0.3, -0.25) is 9.69 Å². The van der Waals surface area contributed by atoms with E-state index in [0.717, 1.165) is 51.9 Å². The maximum absolute atomic E-state index is 12.7. The molecule has 20 heavy (non-hydrogen) atoms. The fourth-order valence-corrected chi connectivity index (χ4v) is 3.85. The molecule has 1 N–H and O–H groups in total. The molecule has 0 aromatic heterocycles. The second-order valence-electron chi connectivity index (χ2n) is 6.21. The lowest BCUT2D eigenvalue weighted by Crippen LogP contribution is -2.58. The molecule has 4 heteroatoms. The van der Waals surface area contributed by atoms with Crippen LogP contribution in [-0.2, 0) is 9.53 Å². The third kappa shape index (κ3) is 3.34. The van der Waals surface area contributed by atoms with Crippen LogP contribution in [-0.4, -0.2) is 49.2 Å². The topological polar surface area (TPSA) is 41.6 Å². The number of carbonyl (C=O) groups excluding carboxylic acids is 1. The lowest BCUT2D eigenvalue weighted by molar-refractivity contribution is -0.162. The molecule has 2 rings (SSSR count). The molecule has 1 saturated heterocycles. The Morgan fingerprint density at radius 2 is 2.15 bits per heavy atom. The molecule has 0 aromatic carbocycles. The van der Waals surface area contributed by atoms with Gasteiger partial charge in [0.05, 0.1) is 6.61 Å². The summed E-state index contributed by atoms with van der Waals surface area (Å²) in [5.41, 5.74) is -0.346. The highest BCUT2D eigenvalue weighted by atomic mass is 16.5. The van der Waals surface area contributed by atoms with E-state index in [1.165, 1.54) is 12.8 Å². The standard InChI is InChI=1S/C16H30N2O2/c1-3-14-7-5-8-16(13-14,15(19)20-4-2)18-11-6-9-17-10-12-18/h14,17H,3-13H2,1-2H3.